The Kier molecular flexibility index (Phi) is 6.97. The molecule has 1 heterocycles. The molecule has 0 saturated carbocycles. The van der Waals surface area contributed by atoms with Crippen molar-refractivity contribution >= 4 is 15.9 Å². The van der Waals surface area contributed by atoms with E-state index in [1.54, 1.807) is 6.92 Å². The van der Waals surface area contributed by atoms with Crippen LogP contribution in [0.2, 0.25) is 0 Å². The van der Waals surface area contributed by atoms with Crippen molar-refractivity contribution in [1.82, 2.24) is 9.21 Å². The Bertz CT molecular complexity index is 790. The molecule has 10 heteroatoms. The summed E-state index contributed by atoms with van der Waals surface area (Å²) in [6.07, 6.45) is -4.73. The maximum atomic E-state index is 13.1. The Morgan fingerprint density at radius 1 is 1.29 bits per heavy atom. The number of rotatable bonds is 6. The molecule has 0 aliphatic carbocycles. The summed E-state index contributed by atoms with van der Waals surface area (Å²) in [5.41, 5.74) is -0.931. The first kappa shape index (κ1) is 22.5. The fourth-order valence-electron chi connectivity index (χ4n) is 3.18. The van der Waals surface area contributed by atoms with Crippen LogP contribution in [-0.2, 0) is 21.0 Å². The maximum absolute atomic E-state index is 13.1. The fraction of sp³-hybridized carbons (Fsp3) is 0.611. The molecule has 6 nitrogen and oxygen atoms in total. The Labute approximate surface area is 163 Å². The molecule has 158 valence electrons. The van der Waals surface area contributed by atoms with E-state index < -0.39 is 33.8 Å². The minimum Gasteiger partial charge on any atom is -0.480 e. The predicted octanol–water partition coefficient (Wildman–Crippen LogP) is 2.75. The summed E-state index contributed by atoms with van der Waals surface area (Å²) in [4.78, 5) is 14.1. The number of carbonyl (C=O) groups is 1. The first-order chi connectivity index (χ1) is 13.0. The third-order valence-corrected chi connectivity index (χ3v) is 6.84. The quantitative estimate of drug-likeness (QED) is 0.707. The van der Waals surface area contributed by atoms with Crippen LogP contribution in [0.25, 0.3) is 0 Å². The molecule has 1 aliphatic rings. The zero-order valence-electron chi connectivity index (χ0n) is 16.1. The predicted molar refractivity (Wildman–Crippen MR) is 98.4 cm³/mol. The van der Waals surface area contributed by atoms with Crippen molar-refractivity contribution in [3.8, 4) is 5.75 Å². The van der Waals surface area contributed by atoms with Gasteiger partial charge in [-0.15, -0.1) is 0 Å². The summed E-state index contributed by atoms with van der Waals surface area (Å²) in [6, 6.07) is 4.56. The average molecular weight is 422 g/mol. The number of nitrogens with zero attached hydrogens (tertiary/aromatic N) is 2. The number of ether oxygens (including phenoxy) is 1. The molecule has 0 radical (unpaired) electrons. The minimum absolute atomic E-state index is 0.00608. The van der Waals surface area contributed by atoms with E-state index >= 15 is 0 Å². The van der Waals surface area contributed by atoms with Gasteiger partial charge in [0.1, 0.15) is 5.75 Å². The summed E-state index contributed by atoms with van der Waals surface area (Å²) in [6.45, 7) is 3.63. The number of halogens is 3. The van der Waals surface area contributed by atoms with Crippen molar-refractivity contribution in [3.63, 3.8) is 0 Å². The van der Waals surface area contributed by atoms with Crippen LogP contribution in [0, 0.1) is 0 Å². The number of piperidine rings is 1. The number of likely N-dealkylation sites (tertiary alicyclic amines) is 1. The maximum Gasteiger partial charge on any atom is 0.419 e. The summed E-state index contributed by atoms with van der Waals surface area (Å²) < 4.78 is 69.8. The largest absolute Gasteiger partial charge is 0.480 e. The van der Waals surface area contributed by atoms with Crippen LogP contribution in [0.15, 0.2) is 24.3 Å². The molecule has 0 bridgehead atoms. The van der Waals surface area contributed by atoms with Gasteiger partial charge in [-0.1, -0.05) is 12.1 Å². The molecular formula is C18H25F3N2O4S. The molecule has 1 unspecified atom stereocenters. The first-order valence-corrected chi connectivity index (χ1v) is 10.7. The third-order valence-electron chi connectivity index (χ3n) is 4.94. The van der Waals surface area contributed by atoms with Crippen LogP contribution in [0.4, 0.5) is 13.2 Å². The molecule has 0 N–H and O–H groups in total. The van der Waals surface area contributed by atoms with Crippen molar-refractivity contribution in [1.29, 1.82) is 0 Å². The zero-order chi connectivity index (χ0) is 21.1. The van der Waals surface area contributed by atoms with Crippen molar-refractivity contribution < 1.29 is 31.1 Å². The SMILES string of the molecule is CCS(=O)(=O)N(C)C1CCN(C(=O)C(C)Oc2ccccc2C(F)(F)F)CC1. The van der Waals surface area contributed by atoms with E-state index in [1.807, 2.05) is 0 Å². The van der Waals surface area contributed by atoms with Gasteiger partial charge in [-0.2, -0.15) is 13.2 Å². The van der Waals surface area contributed by atoms with Crippen LogP contribution < -0.4 is 4.74 Å². The lowest BCUT2D eigenvalue weighted by molar-refractivity contribution is -0.144. The van der Waals surface area contributed by atoms with E-state index in [0.717, 1.165) is 6.07 Å². The topological polar surface area (TPSA) is 66.9 Å². The van der Waals surface area contributed by atoms with Gasteiger partial charge in [0, 0.05) is 26.2 Å². The summed E-state index contributed by atoms with van der Waals surface area (Å²) in [5.74, 6) is -0.803. The fourth-order valence-corrected chi connectivity index (χ4v) is 4.25. The van der Waals surface area contributed by atoms with Crippen molar-refractivity contribution in [2.75, 3.05) is 25.9 Å². The van der Waals surface area contributed by atoms with Gasteiger partial charge in [-0.25, -0.2) is 12.7 Å². The van der Waals surface area contributed by atoms with E-state index in [4.69, 9.17) is 4.74 Å². The standard InChI is InChI=1S/C18H25F3N2O4S/c1-4-28(25,26)22(3)14-9-11-23(12-10-14)17(24)13(2)27-16-8-6-5-7-15(16)18(19,20)21/h5-8,13-14H,4,9-12H2,1-3H3. The van der Waals surface area contributed by atoms with E-state index in [1.165, 1.54) is 41.4 Å². The minimum atomic E-state index is -4.58. The third kappa shape index (κ3) is 5.16. The summed E-state index contributed by atoms with van der Waals surface area (Å²) >= 11 is 0. The molecule has 1 aromatic rings. The molecule has 0 spiro atoms. The Balaban J connectivity index is 1.99. The number of hydrogen-bond donors (Lipinski definition) is 0. The second-order valence-electron chi connectivity index (χ2n) is 6.73. The molecule has 0 aromatic heterocycles. The van der Waals surface area contributed by atoms with Gasteiger partial charge in [0.15, 0.2) is 6.10 Å². The van der Waals surface area contributed by atoms with Crippen molar-refractivity contribution in [2.24, 2.45) is 0 Å². The molecule has 1 fully saturated rings. The van der Waals surface area contributed by atoms with E-state index in [2.05, 4.69) is 0 Å². The average Bonchev–Trinajstić information content (AvgIpc) is 2.66. The smallest absolute Gasteiger partial charge is 0.419 e. The number of para-hydroxylation sites is 1. The lowest BCUT2D eigenvalue weighted by Gasteiger charge is -2.37. The molecule has 1 saturated heterocycles. The Morgan fingerprint density at radius 2 is 1.86 bits per heavy atom. The molecule has 1 aliphatic heterocycles. The van der Waals surface area contributed by atoms with Gasteiger partial charge >= 0.3 is 6.18 Å². The normalized spacial score (nSPS) is 17.6. The van der Waals surface area contributed by atoms with Crippen LogP contribution in [0.3, 0.4) is 0 Å². The number of hydrogen-bond acceptors (Lipinski definition) is 4. The first-order valence-electron chi connectivity index (χ1n) is 9.04. The Morgan fingerprint density at radius 3 is 2.39 bits per heavy atom. The monoisotopic (exact) mass is 422 g/mol. The second-order valence-corrected chi connectivity index (χ2v) is 9.04. The molecule has 2 rings (SSSR count). The molecule has 28 heavy (non-hydrogen) atoms. The molecule has 1 aromatic carbocycles. The highest BCUT2D eigenvalue weighted by Gasteiger charge is 2.36. The van der Waals surface area contributed by atoms with Gasteiger partial charge in [-0.05, 0) is 38.8 Å². The summed E-state index contributed by atoms with van der Waals surface area (Å²) in [7, 11) is -1.78. The Hall–Kier alpha value is -1.81. The number of amides is 1. The van der Waals surface area contributed by atoms with Gasteiger partial charge in [0.25, 0.3) is 5.91 Å². The van der Waals surface area contributed by atoms with E-state index in [-0.39, 0.29) is 17.5 Å². The van der Waals surface area contributed by atoms with Gasteiger partial charge in [0.05, 0.1) is 11.3 Å². The van der Waals surface area contributed by atoms with Gasteiger partial charge in [-0.3, -0.25) is 4.79 Å². The lowest BCUT2D eigenvalue weighted by atomic mass is 10.0. The summed E-state index contributed by atoms with van der Waals surface area (Å²) in [5, 5.41) is 0. The van der Waals surface area contributed by atoms with Crippen molar-refractivity contribution in [2.45, 2.75) is 45.0 Å². The van der Waals surface area contributed by atoms with Crippen molar-refractivity contribution in [3.05, 3.63) is 29.8 Å². The van der Waals surface area contributed by atoms with Crippen LogP contribution in [0.5, 0.6) is 5.75 Å². The van der Waals surface area contributed by atoms with Gasteiger partial charge in [0.2, 0.25) is 10.0 Å². The van der Waals surface area contributed by atoms with E-state index in [9.17, 15) is 26.4 Å². The van der Waals surface area contributed by atoms with E-state index in [0.29, 0.717) is 25.9 Å². The number of sulfonamides is 1. The highest BCUT2D eigenvalue weighted by Crippen LogP contribution is 2.36. The zero-order valence-corrected chi connectivity index (χ0v) is 16.9. The lowest BCUT2D eigenvalue weighted by Crippen LogP contribution is -2.50. The molecular weight excluding hydrogens is 397 g/mol. The number of benzene rings is 1. The molecule has 1 amide bonds. The number of alkyl halides is 3. The molecule has 1 atom stereocenters. The highest BCUT2D eigenvalue weighted by atomic mass is 32.2. The van der Waals surface area contributed by atoms with Crippen LogP contribution in [0.1, 0.15) is 32.3 Å². The second kappa shape index (κ2) is 8.69. The van der Waals surface area contributed by atoms with Crippen LogP contribution >= 0.6 is 0 Å². The van der Waals surface area contributed by atoms with Gasteiger partial charge < -0.3 is 9.64 Å². The van der Waals surface area contributed by atoms with Crippen LogP contribution in [-0.4, -0.2) is 61.6 Å². The highest BCUT2D eigenvalue weighted by molar-refractivity contribution is 7.89. The number of carbonyl (C=O) groups excluding carboxylic acids is 1.